The SMILES string of the molecule is CCNCCCc1c(C)nc(-c2ccc(F)cn2)nc1C. The number of aromatic nitrogens is 3. The minimum absolute atomic E-state index is 0.354. The molecular formula is C16H21FN4. The zero-order valence-corrected chi connectivity index (χ0v) is 12.8. The molecule has 2 heterocycles. The third-order valence-electron chi connectivity index (χ3n) is 3.41. The smallest absolute Gasteiger partial charge is 0.178 e. The lowest BCUT2D eigenvalue weighted by Crippen LogP contribution is -2.15. The van der Waals surface area contributed by atoms with Crippen molar-refractivity contribution in [3.05, 3.63) is 41.1 Å². The van der Waals surface area contributed by atoms with Gasteiger partial charge in [0.1, 0.15) is 11.5 Å². The average molecular weight is 288 g/mol. The van der Waals surface area contributed by atoms with Crippen molar-refractivity contribution in [2.45, 2.75) is 33.6 Å². The van der Waals surface area contributed by atoms with E-state index in [1.807, 2.05) is 13.8 Å². The van der Waals surface area contributed by atoms with Crippen LogP contribution in [0, 0.1) is 19.7 Å². The number of rotatable bonds is 6. The molecule has 0 atom stereocenters. The van der Waals surface area contributed by atoms with Crippen molar-refractivity contribution < 1.29 is 4.39 Å². The molecule has 0 saturated heterocycles. The summed E-state index contributed by atoms with van der Waals surface area (Å²) in [5.74, 6) is 0.202. The number of hydrogen-bond donors (Lipinski definition) is 1. The molecule has 0 radical (unpaired) electrons. The Bertz CT molecular complexity index is 573. The van der Waals surface area contributed by atoms with E-state index in [2.05, 4.69) is 27.2 Å². The standard InChI is InChI=1S/C16H21FN4/c1-4-18-9-5-6-14-11(2)20-16(21-12(14)3)15-8-7-13(17)10-19-15/h7-8,10,18H,4-6,9H2,1-3H3. The monoisotopic (exact) mass is 288 g/mol. The molecule has 0 aromatic carbocycles. The van der Waals surface area contributed by atoms with Gasteiger partial charge >= 0.3 is 0 Å². The molecule has 21 heavy (non-hydrogen) atoms. The predicted molar refractivity (Wildman–Crippen MR) is 81.6 cm³/mol. The molecule has 0 aliphatic carbocycles. The molecule has 2 aromatic rings. The van der Waals surface area contributed by atoms with Crippen LogP contribution in [0.1, 0.15) is 30.3 Å². The molecule has 0 unspecified atom stereocenters. The summed E-state index contributed by atoms with van der Waals surface area (Å²) in [6, 6.07) is 2.98. The van der Waals surface area contributed by atoms with Crippen molar-refractivity contribution in [3.63, 3.8) is 0 Å². The maximum absolute atomic E-state index is 12.9. The molecule has 0 aliphatic rings. The quantitative estimate of drug-likeness (QED) is 0.830. The average Bonchev–Trinajstić information content (AvgIpc) is 2.46. The van der Waals surface area contributed by atoms with Gasteiger partial charge in [0.2, 0.25) is 0 Å². The lowest BCUT2D eigenvalue weighted by Gasteiger charge is -2.11. The Kier molecular flexibility index (Phi) is 5.33. The van der Waals surface area contributed by atoms with Crippen molar-refractivity contribution >= 4 is 0 Å². The highest BCUT2D eigenvalue weighted by atomic mass is 19.1. The van der Waals surface area contributed by atoms with E-state index in [9.17, 15) is 4.39 Å². The molecule has 1 N–H and O–H groups in total. The van der Waals surface area contributed by atoms with Gasteiger partial charge in [-0.25, -0.2) is 19.3 Å². The highest BCUT2D eigenvalue weighted by Crippen LogP contribution is 2.18. The van der Waals surface area contributed by atoms with E-state index < -0.39 is 0 Å². The summed E-state index contributed by atoms with van der Waals surface area (Å²) in [5, 5.41) is 3.31. The van der Waals surface area contributed by atoms with Crippen LogP contribution in [-0.4, -0.2) is 28.0 Å². The molecule has 0 amide bonds. The van der Waals surface area contributed by atoms with E-state index in [1.54, 1.807) is 6.07 Å². The molecule has 2 rings (SSSR count). The minimum Gasteiger partial charge on any atom is -0.317 e. The fraction of sp³-hybridized carbons (Fsp3) is 0.438. The van der Waals surface area contributed by atoms with Gasteiger partial charge in [0, 0.05) is 11.4 Å². The summed E-state index contributed by atoms with van der Waals surface area (Å²) in [4.78, 5) is 13.1. The van der Waals surface area contributed by atoms with Crippen LogP contribution in [0.4, 0.5) is 4.39 Å². The van der Waals surface area contributed by atoms with E-state index >= 15 is 0 Å². The van der Waals surface area contributed by atoms with Gasteiger partial charge < -0.3 is 5.32 Å². The van der Waals surface area contributed by atoms with Crippen molar-refractivity contribution in [1.82, 2.24) is 20.3 Å². The van der Waals surface area contributed by atoms with Crippen LogP contribution in [0.15, 0.2) is 18.3 Å². The van der Waals surface area contributed by atoms with E-state index in [4.69, 9.17) is 0 Å². The van der Waals surface area contributed by atoms with Gasteiger partial charge in [-0.1, -0.05) is 6.92 Å². The van der Waals surface area contributed by atoms with Crippen LogP contribution in [0.2, 0.25) is 0 Å². The second-order valence-electron chi connectivity index (χ2n) is 5.02. The second-order valence-corrected chi connectivity index (χ2v) is 5.02. The van der Waals surface area contributed by atoms with Crippen LogP contribution in [0.5, 0.6) is 0 Å². The van der Waals surface area contributed by atoms with Gasteiger partial charge in [-0.3, -0.25) is 0 Å². The molecular weight excluding hydrogens is 267 g/mol. The molecule has 0 saturated carbocycles. The highest BCUT2D eigenvalue weighted by molar-refractivity contribution is 5.50. The second kappa shape index (κ2) is 7.22. The van der Waals surface area contributed by atoms with E-state index in [-0.39, 0.29) is 5.82 Å². The number of aryl methyl sites for hydroxylation is 2. The van der Waals surface area contributed by atoms with Gasteiger partial charge in [0.05, 0.1) is 6.20 Å². The molecule has 0 aliphatic heterocycles. The predicted octanol–water partition coefficient (Wildman–Crippen LogP) is 2.84. The first-order chi connectivity index (χ1) is 10.1. The van der Waals surface area contributed by atoms with Crippen molar-refractivity contribution in [3.8, 4) is 11.5 Å². The summed E-state index contributed by atoms with van der Waals surface area (Å²) >= 11 is 0. The Morgan fingerprint density at radius 1 is 1.14 bits per heavy atom. The van der Waals surface area contributed by atoms with Gasteiger partial charge in [-0.05, 0) is 57.5 Å². The third-order valence-corrected chi connectivity index (χ3v) is 3.41. The Morgan fingerprint density at radius 3 is 2.43 bits per heavy atom. The van der Waals surface area contributed by atoms with Crippen molar-refractivity contribution in [2.75, 3.05) is 13.1 Å². The number of halogens is 1. The van der Waals surface area contributed by atoms with Gasteiger partial charge in [0.15, 0.2) is 5.82 Å². The van der Waals surface area contributed by atoms with Crippen molar-refractivity contribution in [1.29, 1.82) is 0 Å². The summed E-state index contributed by atoms with van der Waals surface area (Å²) in [7, 11) is 0. The third kappa shape index (κ3) is 4.04. The molecule has 0 fully saturated rings. The zero-order valence-electron chi connectivity index (χ0n) is 12.8. The Labute approximate surface area is 124 Å². The Balaban J connectivity index is 2.18. The normalized spacial score (nSPS) is 10.9. The van der Waals surface area contributed by atoms with Gasteiger partial charge in [-0.2, -0.15) is 0 Å². The lowest BCUT2D eigenvalue weighted by molar-refractivity contribution is 0.621. The van der Waals surface area contributed by atoms with E-state index in [1.165, 1.54) is 17.8 Å². The summed E-state index contributed by atoms with van der Waals surface area (Å²) in [6.45, 7) is 8.07. The summed E-state index contributed by atoms with van der Waals surface area (Å²) in [6.07, 6.45) is 3.21. The fourth-order valence-electron chi connectivity index (χ4n) is 2.29. The topological polar surface area (TPSA) is 50.7 Å². The molecule has 0 spiro atoms. The van der Waals surface area contributed by atoms with Crippen LogP contribution in [0.3, 0.4) is 0 Å². The van der Waals surface area contributed by atoms with Crippen LogP contribution >= 0.6 is 0 Å². The highest BCUT2D eigenvalue weighted by Gasteiger charge is 2.10. The Morgan fingerprint density at radius 2 is 1.86 bits per heavy atom. The first-order valence-electron chi connectivity index (χ1n) is 7.28. The van der Waals surface area contributed by atoms with E-state index in [0.717, 1.165) is 37.3 Å². The number of hydrogen-bond acceptors (Lipinski definition) is 4. The zero-order chi connectivity index (χ0) is 15.2. The minimum atomic E-state index is -0.354. The fourth-order valence-corrected chi connectivity index (χ4v) is 2.29. The first kappa shape index (κ1) is 15.5. The van der Waals surface area contributed by atoms with E-state index in [0.29, 0.717) is 11.5 Å². The molecule has 2 aromatic heterocycles. The number of pyridine rings is 1. The number of nitrogens with one attached hydrogen (secondary N) is 1. The van der Waals surface area contributed by atoms with Crippen LogP contribution < -0.4 is 5.32 Å². The lowest BCUT2D eigenvalue weighted by atomic mass is 10.1. The largest absolute Gasteiger partial charge is 0.317 e. The maximum atomic E-state index is 12.9. The molecule has 4 nitrogen and oxygen atoms in total. The summed E-state index contributed by atoms with van der Waals surface area (Å²) < 4.78 is 12.9. The molecule has 112 valence electrons. The van der Waals surface area contributed by atoms with Crippen LogP contribution in [-0.2, 0) is 6.42 Å². The van der Waals surface area contributed by atoms with Gasteiger partial charge in [0.25, 0.3) is 0 Å². The van der Waals surface area contributed by atoms with Crippen LogP contribution in [0.25, 0.3) is 11.5 Å². The van der Waals surface area contributed by atoms with Crippen molar-refractivity contribution in [2.24, 2.45) is 0 Å². The Hall–Kier alpha value is -1.88. The van der Waals surface area contributed by atoms with Gasteiger partial charge in [-0.15, -0.1) is 0 Å². The molecule has 0 bridgehead atoms. The first-order valence-corrected chi connectivity index (χ1v) is 7.28. The molecule has 5 heteroatoms. The number of nitrogens with zero attached hydrogens (tertiary/aromatic N) is 3. The summed E-state index contributed by atoms with van der Waals surface area (Å²) in [5.41, 5.74) is 3.74. The maximum Gasteiger partial charge on any atom is 0.178 e.